The summed E-state index contributed by atoms with van der Waals surface area (Å²) in [6, 6.07) is 23.5. The molecule has 0 saturated heterocycles. The first-order valence-electron chi connectivity index (χ1n) is 10.6. The lowest BCUT2D eigenvalue weighted by Gasteiger charge is -2.12. The molecule has 33 heavy (non-hydrogen) atoms. The maximum atomic E-state index is 13.2. The largest absolute Gasteiger partial charge is 0.508 e. The Hall–Kier alpha value is -3.84. The molecule has 7 heteroatoms. The normalized spacial score (nSPS) is 11.8. The lowest BCUT2D eigenvalue weighted by Crippen LogP contribution is -2.15. The predicted octanol–water partition coefficient (Wildman–Crippen LogP) is 5.36. The van der Waals surface area contributed by atoms with Gasteiger partial charge in [0.15, 0.2) is 0 Å². The summed E-state index contributed by atoms with van der Waals surface area (Å²) in [4.78, 5) is 0.224. The highest BCUT2D eigenvalue weighted by Crippen LogP contribution is 2.30. The summed E-state index contributed by atoms with van der Waals surface area (Å²) >= 11 is 0. The fourth-order valence-electron chi connectivity index (χ4n) is 4.23. The number of fused-ring (bicyclic) bond motifs is 1. The predicted molar refractivity (Wildman–Crippen MR) is 129 cm³/mol. The van der Waals surface area contributed by atoms with Crippen molar-refractivity contribution in [1.29, 1.82) is 0 Å². The molecule has 2 heterocycles. The smallest absolute Gasteiger partial charge is 0.268 e. The molecule has 0 atom stereocenters. The molecule has 0 aliphatic heterocycles. The standard InChI is InChI=1S/C26H23N3O3S/c1-17-7-8-18(2)29(17)33(31,32)24-12-10-22(11-13-24)28-26-16-21(9-14-25(26)19(3)27-28)20-5-4-6-23(30)15-20/h4-16,30H,1-3H3. The minimum atomic E-state index is -3.68. The molecule has 0 spiro atoms. The molecule has 0 unspecified atom stereocenters. The second kappa shape index (κ2) is 7.64. The zero-order chi connectivity index (χ0) is 23.3. The van der Waals surface area contributed by atoms with Crippen molar-refractivity contribution in [3.63, 3.8) is 0 Å². The third kappa shape index (κ3) is 3.50. The number of rotatable bonds is 4. The van der Waals surface area contributed by atoms with Crippen molar-refractivity contribution in [1.82, 2.24) is 13.8 Å². The average Bonchev–Trinajstić information content (AvgIpc) is 3.32. The lowest BCUT2D eigenvalue weighted by atomic mass is 10.0. The Kier molecular flexibility index (Phi) is 4.87. The molecule has 0 aliphatic carbocycles. The molecule has 0 saturated carbocycles. The van der Waals surface area contributed by atoms with Crippen molar-refractivity contribution in [2.75, 3.05) is 0 Å². The van der Waals surface area contributed by atoms with Crippen LogP contribution in [0.15, 0.2) is 83.8 Å². The van der Waals surface area contributed by atoms with Crippen molar-refractivity contribution in [3.05, 3.63) is 95.9 Å². The van der Waals surface area contributed by atoms with Crippen LogP contribution in [0.25, 0.3) is 27.7 Å². The van der Waals surface area contributed by atoms with E-state index in [0.29, 0.717) is 11.4 Å². The fourth-order valence-corrected chi connectivity index (χ4v) is 5.80. The van der Waals surface area contributed by atoms with Crippen LogP contribution in [0.5, 0.6) is 5.75 Å². The van der Waals surface area contributed by atoms with Gasteiger partial charge in [0.1, 0.15) is 5.75 Å². The monoisotopic (exact) mass is 457 g/mol. The van der Waals surface area contributed by atoms with Crippen LogP contribution in [0.2, 0.25) is 0 Å². The van der Waals surface area contributed by atoms with Crippen molar-refractivity contribution >= 4 is 20.9 Å². The molecule has 5 rings (SSSR count). The molecule has 0 aliphatic rings. The van der Waals surface area contributed by atoms with Gasteiger partial charge >= 0.3 is 0 Å². The number of aryl methyl sites for hydroxylation is 3. The van der Waals surface area contributed by atoms with Crippen molar-refractivity contribution in [2.45, 2.75) is 25.7 Å². The summed E-state index contributed by atoms with van der Waals surface area (Å²) in [7, 11) is -3.68. The minimum absolute atomic E-state index is 0.210. The van der Waals surface area contributed by atoms with E-state index < -0.39 is 10.0 Å². The molecule has 0 amide bonds. The number of phenols is 1. The van der Waals surface area contributed by atoms with Crippen LogP contribution < -0.4 is 0 Å². The quantitative estimate of drug-likeness (QED) is 0.394. The molecular formula is C26H23N3O3S. The number of aromatic hydroxyl groups is 1. The SMILES string of the molecule is Cc1nn(-c2ccc(S(=O)(=O)n3c(C)ccc3C)cc2)c2cc(-c3cccc(O)c3)ccc12. The molecular weight excluding hydrogens is 434 g/mol. The van der Waals surface area contributed by atoms with Crippen molar-refractivity contribution in [2.24, 2.45) is 0 Å². The molecule has 0 bridgehead atoms. The van der Waals surface area contributed by atoms with Gasteiger partial charge in [0, 0.05) is 16.8 Å². The molecule has 3 aromatic carbocycles. The van der Waals surface area contributed by atoms with Crippen LogP contribution in [-0.2, 0) is 10.0 Å². The Morgan fingerprint density at radius 1 is 0.788 bits per heavy atom. The first kappa shape index (κ1) is 21.0. The molecule has 6 nitrogen and oxygen atoms in total. The molecule has 0 radical (unpaired) electrons. The summed E-state index contributed by atoms with van der Waals surface area (Å²) in [6.45, 7) is 5.51. The third-order valence-electron chi connectivity index (χ3n) is 5.87. The van der Waals surface area contributed by atoms with Gasteiger partial charge in [-0.3, -0.25) is 0 Å². The van der Waals surface area contributed by atoms with Gasteiger partial charge in [-0.1, -0.05) is 24.3 Å². The van der Waals surface area contributed by atoms with E-state index in [1.165, 1.54) is 3.97 Å². The van der Waals surface area contributed by atoms with Gasteiger partial charge in [0.05, 0.1) is 21.8 Å². The van der Waals surface area contributed by atoms with Crippen LogP contribution >= 0.6 is 0 Å². The lowest BCUT2D eigenvalue weighted by molar-refractivity contribution is 0.475. The number of hydrogen-bond acceptors (Lipinski definition) is 4. The van der Waals surface area contributed by atoms with E-state index in [1.807, 2.05) is 41.9 Å². The van der Waals surface area contributed by atoms with Crippen molar-refractivity contribution < 1.29 is 13.5 Å². The summed E-state index contributed by atoms with van der Waals surface area (Å²) in [5.41, 5.74) is 5.75. The first-order valence-corrected chi connectivity index (χ1v) is 12.0. The Bertz CT molecular complexity index is 1590. The van der Waals surface area contributed by atoms with Gasteiger partial charge in [-0.15, -0.1) is 0 Å². The Morgan fingerprint density at radius 2 is 1.45 bits per heavy atom. The van der Waals surface area contributed by atoms with E-state index in [9.17, 15) is 13.5 Å². The maximum Gasteiger partial charge on any atom is 0.268 e. The van der Waals surface area contributed by atoms with Crippen LogP contribution in [-0.4, -0.2) is 27.3 Å². The zero-order valence-corrected chi connectivity index (χ0v) is 19.3. The van der Waals surface area contributed by atoms with Gasteiger partial charge in [-0.25, -0.2) is 17.1 Å². The van der Waals surface area contributed by atoms with Gasteiger partial charge in [-0.2, -0.15) is 5.10 Å². The molecule has 1 N–H and O–H groups in total. The van der Waals surface area contributed by atoms with E-state index >= 15 is 0 Å². The van der Waals surface area contributed by atoms with E-state index in [2.05, 4.69) is 0 Å². The third-order valence-corrected chi connectivity index (χ3v) is 7.80. The van der Waals surface area contributed by atoms with Gasteiger partial charge in [0.25, 0.3) is 10.0 Å². The number of benzene rings is 3. The van der Waals surface area contributed by atoms with Crippen LogP contribution in [0.3, 0.4) is 0 Å². The molecule has 0 fully saturated rings. The summed E-state index contributed by atoms with van der Waals surface area (Å²) in [5, 5.41) is 15.6. The number of hydrogen-bond donors (Lipinski definition) is 1. The van der Waals surface area contributed by atoms with Crippen LogP contribution in [0.4, 0.5) is 0 Å². The van der Waals surface area contributed by atoms with E-state index in [0.717, 1.165) is 33.4 Å². The topological polar surface area (TPSA) is 77.1 Å². The van der Waals surface area contributed by atoms with Gasteiger partial charge in [0.2, 0.25) is 0 Å². The second-order valence-corrected chi connectivity index (χ2v) is 9.95. The maximum absolute atomic E-state index is 13.2. The highest BCUT2D eigenvalue weighted by molar-refractivity contribution is 7.90. The van der Waals surface area contributed by atoms with Crippen molar-refractivity contribution in [3.8, 4) is 22.6 Å². The van der Waals surface area contributed by atoms with Gasteiger partial charge in [-0.05, 0) is 86.5 Å². The number of aromatic nitrogens is 3. The summed E-state index contributed by atoms with van der Waals surface area (Å²) < 4.78 is 29.5. The summed E-state index contributed by atoms with van der Waals surface area (Å²) in [6.07, 6.45) is 0. The van der Waals surface area contributed by atoms with Gasteiger partial charge < -0.3 is 5.11 Å². The molecule has 5 aromatic rings. The van der Waals surface area contributed by atoms with E-state index in [-0.39, 0.29) is 10.6 Å². The molecule has 2 aromatic heterocycles. The highest BCUT2D eigenvalue weighted by Gasteiger charge is 2.20. The second-order valence-electron chi connectivity index (χ2n) is 8.16. The number of nitrogens with zero attached hydrogens (tertiary/aromatic N) is 3. The fraction of sp³-hybridized carbons (Fsp3) is 0.115. The van der Waals surface area contributed by atoms with E-state index in [4.69, 9.17) is 5.10 Å². The zero-order valence-electron chi connectivity index (χ0n) is 18.5. The Balaban J connectivity index is 1.59. The Morgan fingerprint density at radius 3 is 2.12 bits per heavy atom. The minimum Gasteiger partial charge on any atom is -0.508 e. The average molecular weight is 458 g/mol. The van der Waals surface area contributed by atoms with E-state index in [1.54, 1.807) is 62.4 Å². The molecule has 166 valence electrons. The highest BCUT2D eigenvalue weighted by atomic mass is 32.2. The Labute approximate surface area is 192 Å². The van der Waals surface area contributed by atoms with Crippen LogP contribution in [0, 0.1) is 20.8 Å². The van der Waals surface area contributed by atoms with Crippen LogP contribution in [0.1, 0.15) is 17.1 Å². The first-order chi connectivity index (χ1) is 15.8. The summed E-state index contributed by atoms with van der Waals surface area (Å²) in [5.74, 6) is 0.210. The number of phenolic OH excluding ortho intramolecular Hbond substituents is 1.